The van der Waals surface area contributed by atoms with Gasteiger partial charge in [-0.25, -0.2) is 0 Å². The lowest BCUT2D eigenvalue weighted by Crippen LogP contribution is -1.94. The number of hydrogen-bond acceptors (Lipinski definition) is 2. The van der Waals surface area contributed by atoms with E-state index in [1.165, 1.54) is 0 Å². The monoisotopic (exact) mass is 317 g/mol. The third kappa shape index (κ3) is 2.80. The topological polar surface area (TPSA) is 43.1 Å². The van der Waals surface area contributed by atoms with Crippen molar-refractivity contribution in [2.24, 2.45) is 0 Å². The number of hydrogen-bond donors (Lipinski definition) is 1. The molecule has 1 aromatic rings. The Kier molecular flexibility index (Phi) is 4.89. The van der Waals surface area contributed by atoms with Crippen molar-refractivity contribution in [3.63, 3.8) is 0 Å². The van der Waals surface area contributed by atoms with E-state index in [2.05, 4.69) is 0 Å². The van der Waals surface area contributed by atoms with Gasteiger partial charge in [-0.3, -0.25) is 4.79 Å². The number of nitrogens with two attached hydrogens (primary N) is 1. The molecule has 2 N–H and O–H groups in total. The number of benzene rings is 1. The van der Waals surface area contributed by atoms with Gasteiger partial charge in [0.05, 0.1) is 0 Å². The molecule has 66 valence electrons. The zero-order valence-electron chi connectivity index (χ0n) is 5.88. The summed E-state index contributed by atoms with van der Waals surface area (Å²) in [7, 11) is 0. The summed E-state index contributed by atoms with van der Waals surface area (Å²) >= 11 is 7.29. The second kappa shape index (κ2) is 4.89. The lowest BCUT2D eigenvalue weighted by molar-refractivity contribution is 0.108. The summed E-state index contributed by atoms with van der Waals surface area (Å²) < 4.78 is 0.780. The maximum Gasteiger partial charge on any atom is 0.253 e. The van der Waals surface area contributed by atoms with E-state index in [4.69, 9.17) is 17.3 Å². The highest BCUT2D eigenvalue weighted by molar-refractivity contribution is 14.1. The van der Waals surface area contributed by atoms with Crippen LogP contribution < -0.4 is 5.73 Å². The van der Waals surface area contributed by atoms with Gasteiger partial charge in [0.25, 0.3) is 5.24 Å². The number of anilines is 1. The molecule has 0 aliphatic rings. The summed E-state index contributed by atoms with van der Waals surface area (Å²) in [6, 6.07) is 4.97. The third-order valence-corrected chi connectivity index (χ3v) is 2.30. The Morgan fingerprint density at radius 1 is 1.50 bits per heavy atom. The van der Waals surface area contributed by atoms with Crippen LogP contribution in [0, 0.1) is 3.57 Å². The molecule has 0 aromatic heterocycles. The fourth-order valence-corrected chi connectivity index (χ4v) is 1.80. The van der Waals surface area contributed by atoms with Crippen molar-refractivity contribution in [3.8, 4) is 0 Å². The van der Waals surface area contributed by atoms with Crippen LogP contribution in [0.2, 0.25) is 0 Å². The average molecular weight is 318 g/mol. The van der Waals surface area contributed by atoms with Crippen molar-refractivity contribution >= 4 is 57.5 Å². The van der Waals surface area contributed by atoms with Crippen LogP contribution in [0.15, 0.2) is 18.2 Å². The first-order valence-corrected chi connectivity index (χ1v) is 4.32. The highest BCUT2D eigenvalue weighted by atomic mass is 127. The molecule has 1 aromatic carbocycles. The van der Waals surface area contributed by atoms with Crippen LogP contribution in [-0.2, 0) is 0 Å². The Morgan fingerprint density at radius 2 is 2.08 bits per heavy atom. The normalized spacial score (nSPS) is 8.83. The molecule has 5 heteroatoms. The molecular weight excluding hydrogens is 312 g/mol. The lowest BCUT2D eigenvalue weighted by atomic mass is 10.2. The Morgan fingerprint density at radius 3 is 2.50 bits per heavy atom. The third-order valence-electron chi connectivity index (χ3n) is 1.20. The number of nitrogen functional groups attached to an aromatic ring is 1. The molecule has 0 unspecified atom stereocenters. The fraction of sp³-hybridized carbons (Fsp3) is 0. The molecule has 0 saturated heterocycles. The van der Waals surface area contributed by atoms with Crippen molar-refractivity contribution in [2.75, 3.05) is 5.73 Å². The van der Waals surface area contributed by atoms with E-state index in [0.29, 0.717) is 11.3 Å². The van der Waals surface area contributed by atoms with Crippen LogP contribution in [0.1, 0.15) is 10.4 Å². The van der Waals surface area contributed by atoms with E-state index < -0.39 is 5.24 Å². The van der Waals surface area contributed by atoms with Crippen LogP contribution in [-0.4, -0.2) is 5.24 Å². The van der Waals surface area contributed by atoms with Crippen molar-refractivity contribution in [2.45, 2.75) is 0 Å². The maximum absolute atomic E-state index is 10.7. The second-order valence-electron chi connectivity index (χ2n) is 2.01. The molecule has 0 fully saturated rings. The largest absolute Gasteiger partial charge is 0.399 e. The van der Waals surface area contributed by atoms with Crippen molar-refractivity contribution in [1.29, 1.82) is 0 Å². The van der Waals surface area contributed by atoms with Gasteiger partial charge in [-0.15, -0.1) is 12.4 Å². The summed E-state index contributed by atoms with van der Waals surface area (Å²) in [5.74, 6) is 0. The summed E-state index contributed by atoms with van der Waals surface area (Å²) in [5, 5.41) is -0.450. The number of halogens is 3. The van der Waals surface area contributed by atoms with Gasteiger partial charge in [-0.1, -0.05) is 0 Å². The van der Waals surface area contributed by atoms with Gasteiger partial charge >= 0.3 is 0 Å². The first-order chi connectivity index (χ1) is 5.11. The minimum absolute atomic E-state index is 0. The fourth-order valence-electron chi connectivity index (χ4n) is 0.691. The summed E-state index contributed by atoms with van der Waals surface area (Å²) in [6.07, 6.45) is 0. The molecule has 0 aliphatic heterocycles. The number of carbonyl (C=O) groups is 1. The smallest absolute Gasteiger partial charge is 0.253 e. The van der Waals surface area contributed by atoms with Gasteiger partial charge in [0.15, 0.2) is 0 Å². The SMILES string of the molecule is Cl.Nc1ccc(C(=O)Cl)c(I)c1. The minimum Gasteiger partial charge on any atom is -0.399 e. The molecule has 12 heavy (non-hydrogen) atoms. The van der Waals surface area contributed by atoms with E-state index in [-0.39, 0.29) is 12.4 Å². The molecule has 0 atom stereocenters. The van der Waals surface area contributed by atoms with Gasteiger partial charge in [-0.2, -0.15) is 0 Å². The molecule has 2 nitrogen and oxygen atoms in total. The Bertz CT molecular complexity index is 303. The number of rotatable bonds is 1. The molecule has 0 spiro atoms. The summed E-state index contributed by atoms with van der Waals surface area (Å²) in [6.45, 7) is 0. The summed E-state index contributed by atoms with van der Waals surface area (Å²) in [5.41, 5.74) is 6.61. The predicted molar refractivity (Wildman–Crippen MR) is 61.0 cm³/mol. The molecule has 0 amide bonds. The Labute approximate surface area is 95.0 Å². The van der Waals surface area contributed by atoms with Crippen LogP contribution in [0.4, 0.5) is 5.69 Å². The van der Waals surface area contributed by atoms with Gasteiger partial charge in [0.2, 0.25) is 0 Å². The predicted octanol–water partition coefficient (Wildman–Crippen LogP) is 2.67. The van der Waals surface area contributed by atoms with E-state index in [9.17, 15) is 4.79 Å². The van der Waals surface area contributed by atoms with Crippen molar-refractivity contribution in [1.82, 2.24) is 0 Å². The molecule has 0 heterocycles. The molecule has 1 rings (SSSR count). The van der Waals surface area contributed by atoms with Crippen LogP contribution >= 0.6 is 46.6 Å². The van der Waals surface area contributed by atoms with Crippen LogP contribution in [0.5, 0.6) is 0 Å². The Balaban J connectivity index is 0.00000121. The van der Waals surface area contributed by atoms with E-state index >= 15 is 0 Å². The molecule has 0 bridgehead atoms. The van der Waals surface area contributed by atoms with Crippen molar-refractivity contribution < 1.29 is 4.79 Å². The molecule has 0 radical (unpaired) electrons. The van der Waals surface area contributed by atoms with Crippen LogP contribution in [0.25, 0.3) is 0 Å². The van der Waals surface area contributed by atoms with Gasteiger partial charge in [-0.05, 0) is 52.4 Å². The first kappa shape index (κ1) is 12.0. The minimum atomic E-state index is -0.450. The van der Waals surface area contributed by atoms with Gasteiger partial charge < -0.3 is 5.73 Å². The quantitative estimate of drug-likeness (QED) is 0.491. The summed E-state index contributed by atoms with van der Waals surface area (Å²) in [4.78, 5) is 10.7. The lowest BCUT2D eigenvalue weighted by Gasteiger charge is -1.98. The van der Waals surface area contributed by atoms with Crippen molar-refractivity contribution in [3.05, 3.63) is 27.3 Å². The van der Waals surface area contributed by atoms with E-state index in [1.54, 1.807) is 18.2 Å². The van der Waals surface area contributed by atoms with E-state index in [1.807, 2.05) is 22.6 Å². The highest BCUT2D eigenvalue weighted by Gasteiger charge is 2.05. The van der Waals surface area contributed by atoms with E-state index in [0.717, 1.165) is 3.57 Å². The van der Waals surface area contributed by atoms with Gasteiger partial charge in [0, 0.05) is 14.8 Å². The van der Waals surface area contributed by atoms with Gasteiger partial charge in [0.1, 0.15) is 0 Å². The number of carbonyl (C=O) groups excluding carboxylic acids is 1. The molecular formula is C7H6Cl2INO. The standard InChI is InChI=1S/C7H5ClINO.ClH/c8-7(11)5-2-1-4(10)3-6(5)9;/h1-3H,10H2;1H. The maximum atomic E-state index is 10.7. The zero-order valence-corrected chi connectivity index (χ0v) is 9.61. The van der Waals surface area contributed by atoms with Crippen LogP contribution in [0.3, 0.4) is 0 Å². The highest BCUT2D eigenvalue weighted by Crippen LogP contribution is 2.17. The first-order valence-electron chi connectivity index (χ1n) is 2.86. The average Bonchev–Trinajstić information content (AvgIpc) is 1.85. The Hall–Kier alpha value is -0.000000000000000111. The zero-order chi connectivity index (χ0) is 8.43. The second-order valence-corrected chi connectivity index (χ2v) is 3.52. The molecule has 0 saturated carbocycles. The molecule has 0 aliphatic carbocycles.